The van der Waals surface area contributed by atoms with Gasteiger partial charge in [-0.2, -0.15) is 0 Å². The number of rotatable bonds is 5. The van der Waals surface area contributed by atoms with Gasteiger partial charge in [0.25, 0.3) is 0 Å². The van der Waals surface area contributed by atoms with Crippen molar-refractivity contribution in [3.63, 3.8) is 0 Å². The first-order valence-corrected chi connectivity index (χ1v) is 9.99. The number of halogens is 1. The van der Waals surface area contributed by atoms with E-state index >= 15 is 0 Å². The van der Waals surface area contributed by atoms with Crippen molar-refractivity contribution in [1.29, 1.82) is 0 Å². The van der Waals surface area contributed by atoms with Gasteiger partial charge in [0, 0.05) is 51.8 Å². The maximum atomic E-state index is 14.0. The number of piperazine rings is 1. The monoisotopic (exact) mass is 397 g/mol. The van der Waals surface area contributed by atoms with Gasteiger partial charge in [0.15, 0.2) is 0 Å². The van der Waals surface area contributed by atoms with Crippen LogP contribution in [0.1, 0.15) is 24.5 Å². The van der Waals surface area contributed by atoms with Crippen molar-refractivity contribution in [3.05, 3.63) is 59.4 Å². The zero-order valence-corrected chi connectivity index (χ0v) is 17.3. The predicted molar refractivity (Wildman–Crippen MR) is 114 cm³/mol. The molecule has 0 aliphatic carbocycles. The molecule has 0 bridgehead atoms. The Morgan fingerprint density at radius 1 is 1.00 bits per heavy atom. The molecule has 0 unspecified atom stereocenters. The van der Waals surface area contributed by atoms with E-state index in [1.54, 1.807) is 21.9 Å². The summed E-state index contributed by atoms with van der Waals surface area (Å²) in [6.45, 7) is 8.21. The Bertz CT molecular complexity index is 891. The van der Waals surface area contributed by atoms with Crippen LogP contribution in [0.4, 0.5) is 15.8 Å². The number of aryl methyl sites for hydroxylation is 2. The Hall–Kier alpha value is -2.89. The number of hydrogen-bond donors (Lipinski definition) is 0. The second-order valence-corrected chi connectivity index (χ2v) is 7.51. The number of benzene rings is 2. The van der Waals surface area contributed by atoms with E-state index in [-0.39, 0.29) is 24.1 Å². The first-order chi connectivity index (χ1) is 13.9. The molecule has 3 rings (SSSR count). The average molecular weight is 397 g/mol. The Morgan fingerprint density at radius 3 is 2.31 bits per heavy atom. The molecule has 0 radical (unpaired) electrons. The van der Waals surface area contributed by atoms with Crippen LogP contribution in [0.3, 0.4) is 0 Å². The topological polar surface area (TPSA) is 43.9 Å². The standard InChI is InChI=1S/C23H28FN3O2/c1-17-8-9-20(16-18(17)2)27(19(3)28)11-10-23(29)26-14-12-25(13-15-26)22-7-5-4-6-21(22)24/h4-9,16H,10-15H2,1-3H3. The first-order valence-electron chi connectivity index (χ1n) is 9.99. The predicted octanol–water partition coefficient (Wildman–Crippen LogP) is 3.53. The van der Waals surface area contributed by atoms with Crippen molar-refractivity contribution in [1.82, 2.24) is 4.90 Å². The highest BCUT2D eigenvalue weighted by atomic mass is 19.1. The molecular weight excluding hydrogens is 369 g/mol. The number of hydrogen-bond acceptors (Lipinski definition) is 3. The number of carbonyl (C=O) groups excluding carboxylic acids is 2. The minimum atomic E-state index is -0.238. The van der Waals surface area contributed by atoms with Gasteiger partial charge in [-0.25, -0.2) is 4.39 Å². The molecule has 6 heteroatoms. The molecule has 0 atom stereocenters. The summed E-state index contributed by atoms with van der Waals surface area (Å²) in [4.78, 5) is 30.2. The van der Waals surface area contributed by atoms with Crippen molar-refractivity contribution in [3.8, 4) is 0 Å². The van der Waals surface area contributed by atoms with Crippen molar-refractivity contribution in [2.75, 3.05) is 42.5 Å². The minimum absolute atomic E-state index is 0.0215. The lowest BCUT2D eigenvalue weighted by Gasteiger charge is -2.36. The van der Waals surface area contributed by atoms with Gasteiger partial charge < -0.3 is 14.7 Å². The van der Waals surface area contributed by atoms with E-state index in [2.05, 4.69) is 0 Å². The Labute approximate surface area is 171 Å². The van der Waals surface area contributed by atoms with Crippen LogP contribution in [0.5, 0.6) is 0 Å². The van der Waals surface area contributed by atoms with Crippen LogP contribution >= 0.6 is 0 Å². The van der Waals surface area contributed by atoms with Crippen LogP contribution < -0.4 is 9.80 Å². The summed E-state index contributed by atoms with van der Waals surface area (Å²) in [5.41, 5.74) is 3.68. The molecule has 5 nitrogen and oxygen atoms in total. The van der Waals surface area contributed by atoms with Crippen LogP contribution in [0.25, 0.3) is 0 Å². The Morgan fingerprint density at radius 2 is 1.69 bits per heavy atom. The summed E-state index contributed by atoms with van der Waals surface area (Å²) < 4.78 is 14.0. The van der Waals surface area contributed by atoms with Gasteiger partial charge in [0.1, 0.15) is 5.82 Å². The van der Waals surface area contributed by atoms with E-state index in [9.17, 15) is 14.0 Å². The molecule has 0 aromatic heterocycles. The van der Waals surface area contributed by atoms with Crippen molar-refractivity contribution < 1.29 is 14.0 Å². The number of para-hydroxylation sites is 1. The van der Waals surface area contributed by atoms with Crippen LogP contribution in [0.2, 0.25) is 0 Å². The van der Waals surface area contributed by atoms with Gasteiger partial charge in [-0.15, -0.1) is 0 Å². The molecule has 0 saturated carbocycles. The molecule has 1 aliphatic rings. The maximum Gasteiger partial charge on any atom is 0.224 e. The second-order valence-electron chi connectivity index (χ2n) is 7.51. The fraction of sp³-hybridized carbons (Fsp3) is 0.391. The van der Waals surface area contributed by atoms with E-state index in [1.165, 1.54) is 18.6 Å². The maximum absolute atomic E-state index is 14.0. The smallest absolute Gasteiger partial charge is 0.224 e. The largest absolute Gasteiger partial charge is 0.366 e. The molecule has 2 amide bonds. The first kappa shape index (κ1) is 20.8. The number of carbonyl (C=O) groups is 2. The summed E-state index contributed by atoms with van der Waals surface area (Å²) in [6, 6.07) is 12.6. The van der Waals surface area contributed by atoms with E-state index in [4.69, 9.17) is 0 Å². The van der Waals surface area contributed by atoms with Gasteiger partial charge in [-0.05, 0) is 49.2 Å². The average Bonchev–Trinajstić information content (AvgIpc) is 2.71. The molecule has 0 N–H and O–H groups in total. The van der Waals surface area contributed by atoms with Crippen molar-refractivity contribution in [2.24, 2.45) is 0 Å². The zero-order valence-electron chi connectivity index (χ0n) is 17.3. The van der Waals surface area contributed by atoms with E-state index in [0.29, 0.717) is 38.4 Å². The summed E-state index contributed by atoms with van der Waals surface area (Å²) >= 11 is 0. The summed E-state index contributed by atoms with van der Waals surface area (Å²) in [5, 5.41) is 0. The van der Waals surface area contributed by atoms with E-state index in [0.717, 1.165) is 11.3 Å². The molecule has 1 aliphatic heterocycles. The lowest BCUT2D eigenvalue weighted by Crippen LogP contribution is -2.49. The van der Waals surface area contributed by atoms with Crippen molar-refractivity contribution >= 4 is 23.2 Å². The van der Waals surface area contributed by atoms with Crippen LogP contribution in [0, 0.1) is 19.7 Å². The molecule has 1 heterocycles. The summed E-state index contributed by atoms with van der Waals surface area (Å²) in [6.07, 6.45) is 0.270. The summed E-state index contributed by atoms with van der Waals surface area (Å²) in [5.74, 6) is -0.295. The van der Waals surface area contributed by atoms with Gasteiger partial charge in [0.2, 0.25) is 11.8 Å². The molecule has 154 valence electrons. The van der Waals surface area contributed by atoms with E-state index < -0.39 is 0 Å². The Balaban J connectivity index is 1.56. The van der Waals surface area contributed by atoms with E-state index in [1.807, 2.05) is 43.0 Å². The third-order valence-electron chi connectivity index (χ3n) is 5.56. The quantitative estimate of drug-likeness (QED) is 0.775. The SMILES string of the molecule is CC(=O)N(CCC(=O)N1CCN(c2ccccc2F)CC1)c1ccc(C)c(C)c1. The molecule has 1 saturated heterocycles. The van der Waals surface area contributed by atoms with Gasteiger partial charge in [0.05, 0.1) is 5.69 Å². The molecule has 0 spiro atoms. The van der Waals surface area contributed by atoms with Gasteiger partial charge >= 0.3 is 0 Å². The number of amides is 2. The molecule has 2 aromatic rings. The third kappa shape index (κ3) is 4.94. The number of nitrogens with zero attached hydrogens (tertiary/aromatic N) is 3. The minimum Gasteiger partial charge on any atom is -0.366 e. The fourth-order valence-electron chi connectivity index (χ4n) is 3.63. The summed E-state index contributed by atoms with van der Waals surface area (Å²) in [7, 11) is 0. The normalized spacial score (nSPS) is 14.1. The lowest BCUT2D eigenvalue weighted by molar-refractivity contribution is -0.131. The number of anilines is 2. The highest BCUT2D eigenvalue weighted by Crippen LogP contribution is 2.21. The molecule has 2 aromatic carbocycles. The second kappa shape index (κ2) is 9.07. The van der Waals surface area contributed by atoms with Crippen LogP contribution in [-0.2, 0) is 9.59 Å². The Kier molecular flexibility index (Phi) is 6.52. The van der Waals surface area contributed by atoms with Crippen molar-refractivity contribution in [2.45, 2.75) is 27.2 Å². The van der Waals surface area contributed by atoms with Gasteiger partial charge in [-0.3, -0.25) is 9.59 Å². The highest BCUT2D eigenvalue weighted by molar-refractivity contribution is 5.92. The third-order valence-corrected chi connectivity index (χ3v) is 5.56. The lowest BCUT2D eigenvalue weighted by atomic mass is 10.1. The molecular formula is C23H28FN3O2. The van der Waals surface area contributed by atoms with Crippen LogP contribution in [0.15, 0.2) is 42.5 Å². The van der Waals surface area contributed by atoms with Crippen LogP contribution in [-0.4, -0.2) is 49.4 Å². The fourth-order valence-corrected chi connectivity index (χ4v) is 3.63. The molecule has 29 heavy (non-hydrogen) atoms. The van der Waals surface area contributed by atoms with Gasteiger partial charge in [-0.1, -0.05) is 18.2 Å². The molecule has 1 fully saturated rings. The highest BCUT2D eigenvalue weighted by Gasteiger charge is 2.23. The zero-order chi connectivity index (χ0) is 21.0.